The highest BCUT2D eigenvalue weighted by atomic mass is 14.8. The van der Waals surface area contributed by atoms with Gasteiger partial charge in [0.1, 0.15) is 0 Å². The monoisotopic (exact) mass is 242 g/mol. The van der Waals surface area contributed by atoms with Gasteiger partial charge in [-0.2, -0.15) is 0 Å². The van der Waals surface area contributed by atoms with E-state index < -0.39 is 0 Å². The van der Waals surface area contributed by atoms with Crippen LogP contribution in [-0.2, 0) is 0 Å². The summed E-state index contributed by atoms with van der Waals surface area (Å²) in [6.07, 6.45) is 0. The fourth-order valence-electron chi connectivity index (χ4n) is 2.52. The molecule has 0 fully saturated rings. The standard InChI is InChI=1S/C16H22N2/c1-8(2)14-13(7)17-15-11(5)9(3)10(4)12(6)16(15)18-14/h8H,1-7H3. The van der Waals surface area contributed by atoms with Crippen molar-refractivity contribution in [1.82, 2.24) is 9.97 Å². The molecule has 0 aliphatic carbocycles. The second-order valence-electron chi connectivity index (χ2n) is 5.55. The van der Waals surface area contributed by atoms with E-state index in [2.05, 4.69) is 48.5 Å². The zero-order chi connectivity index (χ0) is 13.6. The Bertz CT molecular complexity index is 625. The van der Waals surface area contributed by atoms with Gasteiger partial charge in [0.25, 0.3) is 0 Å². The second kappa shape index (κ2) is 4.34. The molecule has 0 bridgehead atoms. The molecule has 2 aromatic rings. The van der Waals surface area contributed by atoms with Crippen molar-refractivity contribution < 1.29 is 0 Å². The fourth-order valence-corrected chi connectivity index (χ4v) is 2.52. The molecule has 2 rings (SSSR count). The van der Waals surface area contributed by atoms with Crippen molar-refractivity contribution in [3.05, 3.63) is 33.6 Å². The first kappa shape index (κ1) is 13.0. The molecule has 0 aliphatic rings. The van der Waals surface area contributed by atoms with Crippen molar-refractivity contribution in [2.75, 3.05) is 0 Å². The number of hydrogen-bond donors (Lipinski definition) is 0. The molecule has 0 spiro atoms. The average Bonchev–Trinajstić information content (AvgIpc) is 2.33. The van der Waals surface area contributed by atoms with Crippen LogP contribution in [0.25, 0.3) is 11.0 Å². The summed E-state index contributed by atoms with van der Waals surface area (Å²) in [5.74, 6) is 0.420. The van der Waals surface area contributed by atoms with E-state index in [9.17, 15) is 0 Å². The number of rotatable bonds is 1. The van der Waals surface area contributed by atoms with Gasteiger partial charge in [-0.15, -0.1) is 0 Å². The van der Waals surface area contributed by atoms with E-state index in [-0.39, 0.29) is 0 Å². The normalized spacial score (nSPS) is 11.6. The summed E-state index contributed by atoms with van der Waals surface area (Å²) in [6, 6.07) is 0. The molecule has 0 amide bonds. The number of aromatic nitrogens is 2. The highest BCUT2D eigenvalue weighted by Crippen LogP contribution is 2.28. The molecule has 0 saturated heterocycles. The highest BCUT2D eigenvalue weighted by molar-refractivity contribution is 5.84. The predicted octanol–water partition coefficient (Wildman–Crippen LogP) is 4.30. The number of aryl methyl sites for hydroxylation is 3. The van der Waals surface area contributed by atoms with Gasteiger partial charge in [-0.1, -0.05) is 13.8 Å². The number of hydrogen-bond acceptors (Lipinski definition) is 2. The van der Waals surface area contributed by atoms with Crippen LogP contribution < -0.4 is 0 Å². The van der Waals surface area contributed by atoms with Crippen molar-refractivity contribution in [3.63, 3.8) is 0 Å². The number of fused-ring (bicyclic) bond motifs is 1. The van der Waals surface area contributed by atoms with Gasteiger partial charge >= 0.3 is 0 Å². The minimum Gasteiger partial charge on any atom is -0.249 e. The highest BCUT2D eigenvalue weighted by Gasteiger charge is 2.15. The van der Waals surface area contributed by atoms with Crippen LogP contribution in [0.1, 0.15) is 53.4 Å². The Morgan fingerprint density at radius 1 is 0.667 bits per heavy atom. The van der Waals surface area contributed by atoms with Crippen LogP contribution in [0.2, 0.25) is 0 Å². The lowest BCUT2D eigenvalue weighted by Gasteiger charge is -2.16. The van der Waals surface area contributed by atoms with E-state index in [4.69, 9.17) is 9.97 Å². The number of nitrogens with zero attached hydrogens (tertiary/aromatic N) is 2. The average molecular weight is 242 g/mol. The second-order valence-corrected chi connectivity index (χ2v) is 5.55. The van der Waals surface area contributed by atoms with Gasteiger partial charge in [0, 0.05) is 0 Å². The van der Waals surface area contributed by atoms with E-state index in [0.29, 0.717) is 5.92 Å². The molecule has 96 valence electrons. The van der Waals surface area contributed by atoms with Crippen molar-refractivity contribution >= 4 is 11.0 Å². The molecule has 18 heavy (non-hydrogen) atoms. The molecular formula is C16H22N2. The molecule has 1 aromatic heterocycles. The minimum absolute atomic E-state index is 0.420. The Morgan fingerprint density at radius 2 is 1.11 bits per heavy atom. The number of benzene rings is 1. The van der Waals surface area contributed by atoms with Crippen molar-refractivity contribution in [1.29, 1.82) is 0 Å². The van der Waals surface area contributed by atoms with Gasteiger partial charge < -0.3 is 0 Å². The third kappa shape index (κ3) is 1.80. The first-order chi connectivity index (χ1) is 8.34. The molecule has 0 atom stereocenters. The first-order valence-corrected chi connectivity index (χ1v) is 6.59. The SMILES string of the molecule is Cc1nc2c(C)c(C)c(C)c(C)c2nc1C(C)C. The minimum atomic E-state index is 0.420. The van der Waals surface area contributed by atoms with Crippen LogP contribution in [0.3, 0.4) is 0 Å². The largest absolute Gasteiger partial charge is 0.249 e. The van der Waals surface area contributed by atoms with E-state index >= 15 is 0 Å². The van der Waals surface area contributed by atoms with Crippen LogP contribution >= 0.6 is 0 Å². The molecular weight excluding hydrogens is 220 g/mol. The van der Waals surface area contributed by atoms with E-state index in [1.807, 2.05) is 0 Å². The molecule has 1 heterocycles. The lowest BCUT2D eigenvalue weighted by Crippen LogP contribution is -2.05. The lowest BCUT2D eigenvalue weighted by molar-refractivity contribution is 0.805. The Morgan fingerprint density at radius 3 is 1.56 bits per heavy atom. The maximum atomic E-state index is 4.87. The lowest BCUT2D eigenvalue weighted by atomic mass is 9.96. The van der Waals surface area contributed by atoms with Gasteiger partial charge in [0.05, 0.1) is 22.4 Å². The Labute approximate surface area is 109 Å². The van der Waals surface area contributed by atoms with Crippen molar-refractivity contribution in [2.45, 2.75) is 54.4 Å². The van der Waals surface area contributed by atoms with Crippen LogP contribution in [0, 0.1) is 34.6 Å². The predicted molar refractivity (Wildman–Crippen MR) is 77.3 cm³/mol. The van der Waals surface area contributed by atoms with Crippen LogP contribution in [0.15, 0.2) is 0 Å². The molecule has 0 N–H and O–H groups in total. The first-order valence-electron chi connectivity index (χ1n) is 6.59. The molecule has 0 unspecified atom stereocenters. The van der Waals surface area contributed by atoms with Crippen LogP contribution in [0.4, 0.5) is 0 Å². The Hall–Kier alpha value is -1.44. The molecule has 0 radical (unpaired) electrons. The third-order valence-corrected chi connectivity index (χ3v) is 4.05. The molecule has 2 nitrogen and oxygen atoms in total. The summed E-state index contributed by atoms with van der Waals surface area (Å²) >= 11 is 0. The molecule has 1 aromatic carbocycles. The summed E-state index contributed by atoms with van der Waals surface area (Å²) in [4.78, 5) is 9.67. The van der Waals surface area contributed by atoms with Crippen LogP contribution in [0.5, 0.6) is 0 Å². The maximum Gasteiger partial charge on any atom is 0.0925 e. The smallest absolute Gasteiger partial charge is 0.0925 e. The van der Waals surface area contributed by atoms with Crippen molar-refractivity contribution in [2.24, 2.45) is 0 Å². The maximum absolute atomic E-state index is 4.87. The topological polar surface area (TPSA) is 25.8 Å². The molecule has 0 saturated carbocycles. The summed E-state index contributed by atoms with van der Waals surface area (Å²) in [7, 11) is 0. The van der Waals surface area contributed by atoms with E-state index in [1.54, 1.807) is 0 Å². The Kier molecular flexibility index (Phi) is 3.14. The van der Waals surface area contributed by atoms with E-state index in [1.165, 1.54) is 22.3 Å². The summed E-state index contributed by atoms with van der Waals surface area (Å²) in [6.45, 7) is 15.0. The summed E-state index contributed by atoms with van der Waals surface area (Å²) < 4.78 is 0. The molecule has 2 heteroatoms. The zero-order valence-electron chi connectivity index (χ0n) is 12.5. The van der Waals surface area contributed by atoms with Gasteiger partial charge in [0.15, 0.2) is 0 Å². The fraction of sp³-hybridized carbons (Fsp3) is 0.500. The van der Waals surface area contributed by atoms with Gasteiger partial charge in [-0.25, -0.2) is 9.97 Å². The summed E-state index contributed by atoms with van der Waals surface area (Å²) in [5, 5.41) is 0. The Balaban J connectivity index is 2.94. The quantitative estimate of drug-likeness (QED) is 0.745. The van der Waals surface area contributed by atoms with E-state index in [0.717, 1.165) is 22.4 Å². The van der Waals surface area contributed by atoms with Gasteiger partial charge in [0.2, 0.25) is 0 Å². The zero-order valence-corrected chi connectivity index (χ0v) is 12.5. The van der Waals surface area contributed by atoms with Crippen molar-refractivity contribution in [3.8, 4) is 0 Å². The van der Waals surface area contributed by atoms with Crippen LogP contribution in [-0.4, -0.2) is 9.97 Å². The van der Waals surface area contributed by atoms with Gasteiger partial charge in [-0.3, -0.25) is 0 Å². The summed E-state index contributed by atoms with van der Waals surface area (Å²) in [5.41, 5.74) is 9.53. The van der Waals surface area contributed by atoms with Gasteiger partial charge in [-0.05, 0) is 62.8 Å². The molecule has 0 aliphatic heterocycles. The third-order valence-electron chi connectivity index (χ3n) is 4.05.